The number of halogens is 1. The Hall–Kier alpha value is -1.57. The third-order valence-corrected chi connectivity index (χ3v) is 5.85. The van der Waals surface area contributed by atoms with Gasteiger partial charge < -0.3 is 5.32 Å². The summed E-state index contributed by atoms with van der Waals surface area (Å²) >= 11 is 6.74. The normalized spacial score (nSPS) is 11.5. The lowest BCUT2D eigenvalue weighted by Gasteiger charge is -2.09. The number of sulfonamides is 1. The molecule has 2 rings (SSSR count). The number of carbonyl (C=O) groups excluding carboxylic acids is 1. The molecule has 8 heteroatoms. The van der Waals surface area contributed by atoms with Gasteiger partial charge in [0.25, 0.3) is 10.0 Å². The molecule has 2 N–H and O–H groups in total. The molecule has 0 radical (unpaired) electrons. The second-order valence-electron chi connectivity index (χ2n) is 4.89. The number of benzene rings is 1. The summed E-state index contributed by atoms with van der Waals surface area (Å²) in [5.74, 6) is -0.219. The van der Waals surface area contributed by atoms with E-state index in [2.05, 4.69) is 10.0 Å². The number of anilines is 2. The zero-order chi connectivity index (χ0) is 16.3. The Morgan fingerprint density at radius 1 is 1.09 bits per heavy atom. The number of hydrogen-bond donors (Lipinski definition) is 2. The number of hydrogen-bond acceptors (Lipinski definition) is 4. The van der Waals surface area contributed by atoms with Crippen LogP contribution in [0.2, 0.25) is 4.34 Å². The van der Waals surface area contributed by atoms with E-state index in [1.54, 1.807) is 38.1 Å². The lowest BCUT2D eigenvalue weighted by atomic mass is 10.2. The maximum Gasteiger partial charge on any atom is 0.271 e. The molecule has 118 valence electrons. The fourth-order valence-electron chi connectivity index (χ4n) is 1.56. The average molecular weight is 359 g/mol. The van der Waals surface area contributed by atoms with E-state index < -0.39 is 10.0 Å². The van der Waals surface area contributed by atoms with E-state index in [-0.39, 0.29) is 16.0 Å². The van der Waals surface area contributed by atoms with Gasteiger partial charge in [0.05, 0.1) is 4.34 Å². The van der Waals surface area contributed by atoms with E-state index in [4.69, 9.17) is 11.6 Å². The van der Waals surface area contributed by atoms with Crippen molar-refractivity contribution in [3.8, 4) is 0 Å². The molecule has 22 heavy (non-hydrogen) atoms. The highest BCUT2D eigenvalue weighted by Gasteiger charge is 2.16. The lowest BCUT2D eigenvalue weighted by molar-refractivity contribution is -0.118. The van der Waals surface area contributed by atoms with Crippen LogP contribution in [0.1, 0.15) is 13.8 Å². The van der Waals surface area contributed by atoms with Gasteiger partial charge in [0.2, 0.25) is 5.91 Å². The molecule has 0 spiro atoms. The Morgan fingerprint density at radius 3 is 2.18 bits per heavy atom. The Morgan fingerprint density at radius 2 is 1.68 bits per heavy atom. The third-order valence-electron chi connectivity index (χ3n) is 2.74. The van der Waals surface area contributed by atoms with Crippen molar-refractivity contribution in [2.24, 2.45) is 5.92 Å². The van der Waals surface area contributed by atoms with Crippen LogP contribution in [0.25, 0.3) is 0 Å². The largest absolute Gasteiger partial charge is 0.326 e. The fraction of sp³-hybridized carbons (Fsp3) is 0.214. The fourth-order valence-corrected chi connectivity index (χ4v) is 4.10. The highest BCUT2D eigenvalue weighted by molar-refractivity contribution is 7.94. The molecule has 0 saturated heterocycles. The van der Waals surface area contributed by atoms with Gasteiger partial charge in [-0.1, -0.05) is 25.4 Å². The first-order valence-corrected chi connectivity index (χ1v) is 9.15. The van der Waals surface area contributed by atoms with Crippen LogP contribution in [0.4, 0.5) is 11.4 Å². The Labute approximate surface area is 138 Å². The lowest BCUT2D eigenvalue weighted by Crippen LogP contribution is -2.17. The summed E-state index contributed by atoms with van der Waals surface area (Å²) in [4.78, 5) is 11.6. The van der Waals surface area contributed by atoms with E-state index in [9.17, 15) is 13.2 Å². The summed E-state index contributed by atoms with van der Waals surface area (Å²) in [6, 6.07) is 9.43. The van der Waals surface area contributed by atoms with Gasteiger partial charge in [-0.3, -0.25) is 9.52 Å². The van der Waals surface area contributed by atoms with Crippen molar-refractivity contribution in [2.75, 3.05) is 10.0 Å². The van der Waals surface area contributed by atoms with Gasteiger partial charge in [0.15, 0.2) is 0 Å². The van der Waals surface area contributed by atoms with Gasteiger partial charge in [-0.15, -0.1) is 11.3 Å². The van der Waals surface area contributed by atoms with Crippen molar-refractivity contribution in [3.05, 3.63) is 40.7 Å². The molecule has 5 nitrogen and oxygen atoms in total. The molecule has 0 aliphatic heterocycles. The monoisotopic (exact) mass is 358 g/mol. The van der Waals surface area contributed by atoms with Crippen molar-refractivity contribution < 1.29 is 13.2 Å². The molecule has 0 fully saturated rings. The van der Waals surface area contributed by atoms with Crippen LogP contribution in [0.15, 0.2) is 40.6 Å². The Kier molecular flexibility index (Phi) is 5.10. The van der Waals surface area contributed by atoms with Crippen molar-refractivity contribution in [1.82, 2.24) is 0 Å². The molecule has 1 aromatic carbocycles. The van der Waals surface area contributed by atoms with E-state index in [1.807, 2.05) is 0 Å². The number of rotatable bonds is 5. The number of thiophene rings is 1. The first-order chi connectivity index (χ1) is 10.3. The smallest absolute Gasteiger partial charge is 0.271 e. The van der Waals surface area contributed by atoms with Crippen molar-refractivity contribution in [3.63, 3.8) is 0 Å². The number of nitrogens with one attached hydrogen (secondary N) is 2. The molecule has 2 aromatic rings. The van der Waals surface area contributed by atoms with Gasteiger partial charge in [-0.25, -0.2) is 8.42 Å². The summed E-state index contributed by atoms with van der Waals surface area (Å²) in [7, 11) is -3.65. The topological polar surface area (TPSA) is 75.3 Å². The maximum absolute atomic E-state index is 12.1. The number of carbonyl (C=O) groups is 1. The van der Waals surface area contributed by atoms with Crippen molar-refractivity contribution >= 4 is 50.2 Å². The van der Waals surface area contributed by atoms with E-state index in [0.29, 0.717) is 15.7 Å². The second kappa shape index (κ2) is 6.68. The second-order valence-corrected chi connectivity index (χ2v) is 8.51. The molecule has 0 aliphatic rings. The van der Waals surface area contributed by atoms with Gasteiger partial charge in [-0.2, -0.15) is 0 Å². The van der Waals surface area contributed by atoms with Gasteiger partial charge in [0, 0.05) is 17.3 Å². The van der Waals surface area contributed by atoms with Crippen LogP contribution in [0.5, 0.6) is 0 Å². The van der Waals surface area contributed by atoms with Crippen LogP contribution in [0.3, 0.4) is 0 Å². The maximum atomic E-state index is 12.1. The quantitative estimate of drug-likeness (QED) is 0.853. The molecule has 0 aliphatic carbocycles. The van der Waals surface area contributed by atoms with Crippen LogP contribution in [-0.4, -0.2) is 14.3 Å². The van der Waals surface area contributed by atoms with Gasteiger partial charge >= 0.3 is 0 Å². The highest BCUT2D eigenvalue weighted by Crippen LogP contribution is 2.27. The SMILES string of the molecule is CC(C)C(=O)Nc1ccc(NS(=O)(=O)c2ccc(Cl)s2)cc1. The molecule has 1 aromatic heterocycles. The summed E-state index contributed by atoms with van der Waals surface area (Å²) in [6.07, 6.45) is 0. The average Bonchev–Trinajstić information content (AvgIpc) is 2.88. The summed E-state index contributed by atoms with van der Waals surface area (Å²) in [5.41, 5.74) is 1.02. The first kappa shape index (κ1) is 16.8. The van der Waals surface area contributed by atoms with Crippen LogP contribution in [-0.2, 0) is 14.8 Å². The zero-order valence-corrected chi connectivity index (χ0v) is 14.3. The Balaban J connectivity index is 2.10. The molecule has 1 amide bonds. The standard InChI is InChI=1S/C14H15ClN2O3S2/c1-9(2)14(18)16-10-3-5-11(6-4-10)17-22(19,20)13-8-7-12(15)21-13/h3-9,17H,1-2H3,(H,16,18). The predicted molar refractivity (Wildman–Crippen MR) is 90.0 cm³/mol. The molecule has 1 heterocycles. The first-order valence-electron chi connectivity index (χ1n) is 6.47. The third kappa shape index (κ3) is 4.22. The predicted octanol–water partition coefficient (Wildman–Crippen LogP) is 3.80. The minimum absolute atomic E-state index is 0.0958. The summed E-state index contributed by atoms with van der Waals surface area (Å²) in [6.45, 7) is 3.59. The molecular formula is C14H15ClN2O3S2. The number of amides is 1. The highest BCUT2D eigenvalue weighted by atomic mass is 35.5. The van der Waals surface area contributed by atoms with Crippen LogP contribution in [0, 0.1) is 5.92 Å². The molecule has 0 unspecified atom stereocenters. The summed E-state index contributed by atoms with van der Waals surface area (Å²) in [5, 5.41) is 2.73. The Bertz CT molecular complexity index is 768. The zero-order valence-electron chi connectivity index (χ0n) is 12.0. The van der Waals surface area contributed by atoms with Crippen LogP contribution < -0.4 is 10.0 Å². The molecular weight excluding hydrogens is 344 g/mol. The van der Waals surface area contributed by atoms with Crippen molar-refractivity contribution in [2.45, 2.75) is 18.1 Å². The molecule has 0 atom stereocenters. The van der Waals surface area contributed by atoms with E-state index in [1.165, 1.54) is 12.1 Å². The van der Waals surface area contributed by atoms with Crippen LogP contribution >= 0.6 is 22.9 Å². The van der Waals surface area contributed by atoms with Gasteiger partial charge in [0.1, 0.15) is 4.21 Å². The van der Waals surface area contributed by atoms with Crippen molar-refractivity contribution in [1.29, 1.82) is 0 Å². The van der Waals surface area contributed by atoms with E-state index >= 15 is 0 Å². The molecule has 0 bridgehead atoms. The van der Waals surface area contributed by atoms with E-state index in [0.717, 1.165) is 11.3 Å². The minimum atomic E-state index is -3.65. The molecule has 0 saturated carbocycles. The van der Waals surface area contributed by atoms with Gasteiger partial charge in [-0.05, 0) is 36.4 Å². The minimum Gasteiger partial charge on any atom is -0.326 e. The summed E-state index contributed by atoms with van der Waals surface area (Å²) < 4.78 is 27.3.